The number of carbonyl (C=O) groups excluding carboxylic acids is 1. The smallest absolute Gasteiger partial charge is 0.224 e. The third kappa shape index (κ3) is 1.82. The largest absolute Gasteiger partial charge is 0.490 e. The van der Waals surface area contributed by atoms with Gasteiger partial charge in [0.2, 0.25) is 5.91 Å². The molecule has 1 aliphatic heterocycles. The molecule has 0 aromatic heterocycles. The van der Waals surface area contributed by atoms with Crippen molar-refractivity contribution in [3.8, 4) is 5.75 Å². The standard InChI is InChI=1S/C12H15NO2/c1-3-10-4-5-12-11(8-10)13(9(2)14)6-7-15-12/h4-5,8H,3,6-7H2,1-2H3. The first kappa shape index (κ1) is 10.0. The van der Waals surface area contributed by atoms with Crippen LogP contribution >= 0.6 is 0 Å². The van der Waals surface area contributed by atoms with Crippen molar-refractivity contribution in [3.63, 3.8) is 0 Å². The maximum Gasteiger partial charge on any atom is 0.224 e. The van der Waals surface area contributed by atoms with Crippen LogP contribution in [0, 0.1) is 0 Å². The fourth-order valence-electron chi connectivity index (χ4n) is 1.81. The Hall–Kier alpha value is -1.51. The Labute approximate surface area is 89.7 Å². The van der Waals surface area contributed by atoms with Crippen LogP contribution in [0.15, 0.2) is 18.2 Å². The van der Waals surface area contributed by atoms with Crippen LogP contribution in [-0.2, 0) is 11.2 Å². The van der Waals surface area contributed by atoms with Crippen LogP contribution in [0.4, 0.5) is 5.69 Å². The maximum absolute atomic E-state index is 11.4. The Morgan fingerprint density at radius 3 is 3.00 bits per heavy atom. The lowest BCUT2D eigenvalue weighted by atomic mass is 10.1. The van der Waals surface area contributed by atoms with E-state index in [1.807, 2.05) is 18.2 Å². The van der Waals surface area contributed by atoms with Gasteiger partial charge < -0.3 is 9.64 Å². The molecular weight excluding hydrogens is 190 g/mol. The number of hydrogen-bond donors (Lipinski definition) is 0. The van der Waals surface area contributed by atoms with E-state index >= 15 is 0 Å². The average molecular weight is 205 g/mol. The van der Waals surface area contributed by atoms with E-state index in [2.05, 4.69) is 6.92 Å². The fraction of sp³-hybridized carbons (Fsp3) is 0.417. The van der Waals surface area contributed by atoms with Crippen molar-refractivity contribution in [1.29, 1.82) is 0 Å². The summed E-state index contributed by atoms with van der Waals surface area (Å²) in [5.74, 6) is 0.890. The van der Waals surface area contributed by atoms with Gasteiger partial charge in [-0.2, -0.15) is 0 Å². The van der Waals surface area contributed by atoms with E-state index in [1.165, 1.54) is 5.56 Å². The number of rotatable bonds is 1. The highest BCUT2D eigenvalue weighted by molar-refractivity contribution is 5.93. The number of amides is 1. The van der Waals surface area contributed by atoms with Crippen LogP contribution in [0.3, 0.4) is 0 Å². The molecule has 2 rings (SSSR count). The molecule has 1 aromatic carbocycles. The molecule has 0 N–H and O–H groups in total. The third-order valence-corrected chi connectivity index (χ3v) is 2.67. The summed E-state index contributed by atoms with van der Waals surface area (Å²) in [6, 6.07) is 6.03. The zero-order valence-corrected chi connectivity index (χ0v) is 9.12. The van der Waals surface area contributed by atoms with Gasteiger partial charge in [0, 0.05) is 6.92 Å². The van der Waals surface area contributed by atoms with Gasteiger partial charge in [-0.1, -0.05) is 13.0 Å². The molecule has 0 fully saturated rings. The highest BCUT2D eigenvalue weighted by Gasteiger charge is 2.20. The molecule has 0 aliphatic carbocycles. The molecule has 1 aliphatic rings. The van der Waals surface area contributed by atoms with E-state index in [-0.39, 0.29) is 5.91 Å². The van der Waals surface area contributed by atoms with Crippen molar-refractivity contribution in [3.05, 3.63) is 23.8 Å². The SMILES string of the molecule is CCc1ccc2c(c1)N(C(C)=O)CCO2. The summed E-state index contributed by atoms with van der Waals surface area (Å²) in [4.78, 5) is 13.2. The molecule has 0 saturated carbocycles. The first-order chi connectivity index (χ1) is 7.22. The zero-order valence-electron chi connectivity index (χ0n) is 9.12. The topological polar surface area (TPSA) is 29.5 Å². The van der Waals surface area contributed by atoms with E-state index in [4.69, 9.17) is 4.74 Å². The Kier molecular flexibility index (Phi) is 2.62. The van der Waals surface area contributed by atoms with E-state index in [9.17, 15) is 4.79 Å². The number of aryl methyl sites for hydroxylation is 1. The number of hydrogen-bond acceptors (Lipinski definition) is 2. The van der Waals surface area contributed by atoms with Crippen molar-refractivity contribution in [2.75, 3.05) is 18.1 Å². The third-order valence-electron chi connectivity index (χ3n) is 2.67. The molecule has 1 aromatic rings. The fourth-order valence-corrected chi connectivity index (χ4v) is 1.81. The van der Waals surface area contributed by atoms with Gasteiger partial charge in [-0.3, -0.25) is 4.79 Å². The Balaban J connectivity index is 2.43. The summed E-state index contributed by atoms with van der Waals surface area (Å²) in [7, 11) is 0. The van der Waals surface area contributed by atoms with Crippen LogP contribution < -0.4 is 9.64 Å². The summed E-state index contributed by atoms with van der Waals surface area (Å²) in [6.45, 7) is 4.92. The monoisotopic (exact) mass is 205 g/mol. The second kappa shape index (κ2) is 3.93. The summed E-state index contributed by atoms with van der Waals surface area (Å²) < 4.78 is 5.51. The van der Waals surface area contributed by atoms with Gasteiger partial charge in [-0.15, -0.1) is 0 Å². The highest BCUT2D eigenvalue weighted by Crippen LogP contribution is 2.32. The minimum absolute atomic E-state index is 0.0767. The molecule has 3 nitrogen and oxygen atoms in total. The molecule has 0 radical (unpaired) electrons. The van der Waals surface area contributed by atoms with E-state index in [0.29, 0.717) is 13.2 Å². The molecular formula is C12H15NO2. The Bertz CT molecular complexity index is 387. The van der Waals surface area contributed by atoms with Gasteiger partial charge in [0.25, 0.3) is 0 Å². The molecule has 0 spiro atoms. The predicted molar refractivity (Wildman–Crippen MR) is 59.3 cm³/mol. The van der Waals surface area contributed by atoms with Crippen molar-refractivity contribution in [2.24, 2.45) is 0 Å². The second-order valence-electron chi connectivity index (χ2n) is 3.67. The van der Waals surface area contributed by atoms with Crippen LogP contribution in [-0.4, -0.2) is 19.1 Å². The van der Waals surface area contributed by atoms with Gasteiger partial charge in [0.1, 0.15) is 12.4 Å². The summed E-state index contributed by atoms with van der Waals surface area (Å²) in [5.41, 5.74) is 2.14. The molecule has 3 heteroatoms. The van der Waals surface area contributed by atoms with E-state index in [0.717, 1.165) is 17.9 Å². The number of ether oxygens (including phenoxy) is 1. The summed E-state index contributed by atoms with van der Waals surface area (Å²) in [6.07, 6.45) is 0.971. The van der Waals surface area contributed by atoms with Crippen LogP contribution in [0.2, 0.25) is 0 Å². The van der Waals surface area contributed by atoms with Crippen molar-refractivity contribution in [1.82, 2.24) is 0 Å². The van der Waals surface area contributed by atoms with E-state index in [1.54, 1.807) is 11.8 Å². The van der Waals surface area contributed by atoms with Gasteiger partial charge in [0.05, 0.1) is 12.2 Å². The van der Waals surface area contributed by atoms with Crippen LogP contribution in [0.25, 0.3) is 0 Å². The second-order valence-corrected chi connectivity index (χ2v) is 3.67. The van der Waals surface area contributed by atoms with Gasteiger partial charge >= 0.3 is 0 Å². The van der Waals surface area contributed by atoms with Crippen molar-refractivity contribution >= 4 is 11.6 Å². The molecule has 1 amide bonds. The van der Waals surface area contributed by atoms with Crippen molar-refractivity contribution in [2.45, 2.75) is 20.3 Å². The molecule has 80 valence electrons. The molecule has 0 bridgehead atoms. The van der Waals surface area contributed by atoms with Gasteiger partial charge in [0.15, 0.2) is 0 Å². The quantitative estimate of drug-likeness (QED) is 0.701. The first-order valence-corrected chi connectivity index (χ1v) is 5.26. The minimum Gasteiger partial charge on any atom is -0.490 e. The summed E-state index contributed by atoms with van der Waals surface area (Å²) in [5, 5.41) is 0. The average Bonchev–Trinajstić information content (AvgIpc) is 2.27. The predicted octanol–water partition coefficient (Wildman–Crippen LogP) is 1.99. The van der Waals surface area contributed by atoms with Gasteiger partial charge in [-0.05, 0) is 24.1 Å². The number of anilines is 1. The number of nitrogens with zero attached hydrogens (tertiary/aromatic N) is 1. The normalized spacial score (nSPS) is 14.4. The molecule has 0 unspecified atom stereocenters. The Morgan fingerprint density at radius 1 is 1.53 bits per heavy atom. The van der Waals surface area contributed by atoms with Crippen LogP contribution in [0.5, 0.6) is 5.75 Å². The molecule has 0 atom stereocenters. The van der Waals surface area contributed by atoms with Crippen molar-refractivity contribution < 1.29 is 9.53 Å². The number of carbonyl (C=O) groups is 1. The Morgan fingerprint density at radius 2 is 2.33 bits per heavy atom. The lowest BCUT2D eigenvalue weighted by Crippen LogP contribution is -2.36. The lowest BCUT2D eigenvalue weighted by Gasteiger charge is -2.29. The molecule has 0 saturated heterocycles. The highest BCUT2D eigenvalue weighted by atomic mass is 16.5. The number of benzene rings is 1. The summed E-state index contributed by atoms with van der Waals surface area (Å²) >= 11 is 0. The first-order valence-electron chi connectivity index (χ1n) is 5.26. The lowest BCUT2D eigenvalue weighted by molar-refractivity contribution is -0.116. The molecule has 15 heavy (non-hydrogen) atoms. The van der Waals surface area contributed by atoms with E-state index < -0.39 is 0 Å². The maximum atomic E-state index is 11.4. The van der Waals surface area contributed by atoms with Gasteiger partial charge in [-0.25, -0.2) is 0 Å². The number of fused-ring (bicyclic) bond motifs is 1. The zero-order chi connectivity index (χ0) is 10.8. The van der Waals surface area contributed by atoms with Crippen LogP contribution in [0.1, 0.15) is 19.4 Å². The minimum atomic E-state index is 0.0767. The molecule has 1 heterocycles.